The van der Waals surface area contributed by atoms with Crippen LogP contribution in [0.3, 0.4) is 0 Å². The van der Waals surface area contributed by atoms with Crippen LogP contribution in [-0.2, 0) is 29.1 Å². The Balaban J connectivity index is 1.41. The maximum atomic E-state index is 12.9. The number of nitrogens with one attached hydrogen (secondary N) is 1. The molecule has 0 saturated carbocycles. The van der Waals surface area contributed by atoms with E-state index >= 15 is 0 Å². The van der Waals surface area contributed by atoms with Gasteiger partial charge in [-0.05, 0) is 35.4 Å². The lowest BCUT2D eigenvalue weighted by molar-refractivity contribution is -0.129. The van der Waals surface area contributed by atoms with E-state index in [1.165, 1.54) is 6.26 Å². The van der Waals surface area contributed by atoms with Crippen molar-refractivity contribution >= 4 is 17.8 Å². The topological polar surface area (TPSA) is 101 Å². The van der Waals surface area contributed by atoms with Gasteiger partial charge in [-0.3, -0.25) is 14.5 Å². The molecule has 0 bridgehead atoms. The highest BCUT2D eigenvalue weighted by molar-refractivity contribution is 6.04. The molecule has 4 rings (SSSR count). The molecule has 1 fully saturated rings. The Kier molecular flexibility index (Phi) is 5.35. The zero-order valence-corrected chi connectivity index (χ0v) is 16.8. The van der Waals surface area contributed by atoms with Crippen LogP contribution in [0.25, 0.3) is 0 Å². The first-order valence-corrected chi connectivity index (χ1v) is 9.66. The van der Waals surface area contributed by atoms with Gasteiger partial charge in [0.2, 0.25) is 5.91 Å². The Bertz CT molecular complexity index is 920. The fourth-order valence-electron chi connectivity index (χ4n) is 3.87. The van der Waals surface area contributed by atoms with Crippen LogP contribution >= 0.6 is 0 Å². The molecule has 0 radical (unpaired) electrons. The summed E-state index contributed by atoms with van der Waals surface area (Å²) in [5, 5.41) is 2.72. The summed E-state index contributed by atoms with van der Waals surface area (Å²) in [4.78, 5) is 40.5. The van der Waals surface area contributed by atoms with Crippen molar-refractivity contribution in [2.45, 2.75) is 32.0 Å². The van der Waals surface area contributed by atoms with Gasteiger partial charge in [-0.15, -0.1) is 0 Å². The minimum atomic E-state index is -0.561. The number of hydrogen-bond acceptors (Lipinski definition) is 6. The maximum absolute atomic E-state index is 12.9. The van der Waals surface area contributed by atoms with Gasteiger partial charge >= 0.3 is 6.03 Å². The number of benzene rings is 1. The molecule has 9 nitrogen and oxygen atoms in total. The Morgan fingerprint density at radius 2 is 1.93 bits per heavy atom. The summed E-state index contributed by atoms with van der Waals surface area (Å²) < 4.78 is 15.9. The zero-order valence-electron chi connectivity index (χ0n) is 16.8. The molecule has 0 unspecified atom stereocenters. The highest BCUT2D eigenvalue weighted by Gasteiger charge is 2.47. The monoisotopic (exact) mass is 413 g/mol. The van der Waals surface area contributed by atoms with Crippen molar-refractivity contribution in [1.82, 2.24) is 15.1 Å². The lowest BCUT2D eigenvalue weighted by Gasteiger charge is -2.29. The molecule has 2 aliphatic rings. The average Bonchev–Trinajstić information content (AvgIpc) is 3.36. The number of amides is 4. The summed E-state index contributed by atoms with van der Waals surface area (Å²) in [6.07, 6.45) is 1.97. The minimum absolute atomic E-state index is 0.0351. The van der Waals surface area contributed by atoms with Crippen LogP contribution in [0.15, 0.2) is 34.9 Å². The zero-order chi connectivity index (χ0) is 21.3. The molecule has 1 aromatic heterocycles. The number of fused-ring (bicyclic) bond motifs is 2. The second-order valence-corrected chi connectivity index (χ2v) is 7.20. The summed E-state index contributed by atoms with van der Waals surface area (Å²) >= 11 is 0. The van der Waals surface area contributed by atoms with Crippen molar-refractivity contribution in [3.05, 3.63) is 47.4 Å². The molecule has 4 amide bonds. The van der Waals surface area contributed by atoms with Crippen LogP contribution in [0.2, 0.25) is 0 Å². The van der Waals surface area contributed by atoms with Gasteiger partial charge < -0.3 is 24.1 Å². The minimum Gasteiger partial charge on any atom is -0.493 e. The molecule has 1 aromatic carbocycles. The number of hydrogen-bond donors (Lipinski definition) is 1. The number of rotatable bonds is 7. The standard InChI is InChI=1S/C21H23N3O6/c1-28-17-9-13-8-16-20(26)23(6-5-19(25)22-11-15-4-3-7-30-15)21(27)24(16)12-14(13)10-18(17)29-2/h3-4,7,9-10,16H,5-6,8,11-12H2,1-2H3,(H,22,25)/t16-/m1/s1. The number of carbonyl (C=O) groups excluding carboxylic acids is 3. The van der Waals surface area contributed by atoms with E-state index < -0.39 is 6.04 Å². The SMILES string of the molecule is COc1cc2c(cc1OC)CN1C(=O)N(CCC(=O)NCc3ccco3)C(=O)[C@H]1C2. The van der Waals surface area contributed by atoms with Crippen LogP contribution in [-0.4, -0.2) is 54.5 Å². The summed E-state index contributed by atoms with van der Waals surface area (Å²) in [5.74, 6) is 1.27. The molecule has 3 heterocycles. The van der Waals surface area contributed by atoms with Gasteiger partial charge in [0.05, 0.1) is 27.0 Å². The highest BCUT2D eigenvalue weighted by Crippen LogP contribution is 2.37. The molecule has 9 heteroatoms. The Morgan fingerprint density at radius 1 is 1.20 bits per heavy atom. The second-order valence-electron chi connectivity index (χ2n) is 7.20. The predicted molar refractivity (Wildman–Crippen MR) is 105 cm³/mol. The van der Waals surface area contributed by atoms with Gasteiger partial charge in [-0.25, -0.2) is 4.79 Å². The van der Waals surface area contributed by atoms with E-state index in [4.69, 9.17) is 13.9 Å². The number of furan rings is 1. The quantitative estimate of drug-likeness (QED) is 0.694. The van der Waals surface area contributed by atoms with Gasteiger partial charge in [-0.1, -0.05) is 0 Å². The second kappa shape index (κ2) is 8.10. The van der Waals surface area contributed by atoms with Gasteiger partial charge in [0, 0.05) is 25.9 Å². The third-order valence-corrected chi connectivity index (χ3v) is 5.47. The first-order chi connectivity index (χ1) is 14.5. The van der Waals surface area contributed by atoms with Crippen LogP contribution in [0, 0.1) is 0 Å². The summed E-state index contributed by atoms with van der Waals surface area (Å²) in [7, 11) is 3.11. The van der Waals surface area contributed by atoms with Crippen LogP contribution in [0.5, 0.6) is 11.5 Å². The Morgan fingerprint density at radius 3 is 2.60 bits per heavy atom. The van der Waals surface area contributed by atoms with E-state index in [1.54, 1.807) is 31.3 Å². The third kappa shape index (κ3) is 3.58. The fraction of sp³-hybridized carbons (Fsp3) is 0.381. The predicted octanol–water partition coefficient (Wildman–Crippen LogP) is 1.69. The Hall–Kier alpha value is -3.49. The number of urea groups is 1. The maximum Gasteiger partial charge on any atom is 0.327 e. The van der Waals surface area contributed by atoms with Crippen molar-refractivity contribution < 1.29 is 28.3 Å². The summed E-state index contributed by atoms with van der Waals surface area (Å²) in [6, 6.07) is 6.26. The largest absolute Gasteiger partial charge is 0.493 e. The molecule has 0 spiro atoms. The average molecular weight is 413 g/mol. The van der Waals surface area contributed by atoms with E-state index in [9.17, 15) is 14.4 Å². The van der Waals surface area contributed by atoms with E-state index in [0.29, 0.717) is 30.2 Å². The lowest BCUT2D eigenvalue weighted by atomic mass is 9.94. The number of methoxy groups -OCH3 is 2. The third-order valence-electron chi connectivity index (χ3n) is 5.47. The van der Waals surface area contributed by atoms with Crippen molar-refractivity contribution in [3.8, 4) is 11.5 Å². The normalized spacial score (nSPS) is 17.6. The molecule has 1 N–H and O–H groups in total. The fourth-order valence-corrected chi connectivity index (χ4v) is 3.87. The van der Waals surface area contributed by atoms with Crippen molar-refractivity contribution in [3.63, 3.8) is 0 Å². The molecule has 0 aliphatic carbocycles. The molecule has 1 saturated heterocycles. The van der Waals surface area contributed by atoms with Crippen molar-refractivity contribution in [2.75, 3.05) is 20.8 Å². The van der Waals surface area contributed by atoms with Crippen LogP contribution < -0.4 is 14.8 Å². The van der Waals surface area contributed by atoms with E-state index in [-0.39, 0.29) is 37.4 Å². The number of carbonyl (C=O) groups is 3. The molecular weight excluding hydrogens is 390 g/mol. The molecule has 158 valence electrons. The van der Waals surface area contributed by atoms with Gasteiger partial charge in [0.25, 0.3) is 5.91 Å². The van der Waals surface area contributed by atoms with Crippen LogP contribution in [0.1, 0.15) is 23.3 Å². The van der Waals surface area contributed by atoms with E-state index in [1.807, 2.05) is 12.1 Å². The van der Waals surface area contributed by atoms with Crippen LogP contribution in [0.4, 0.5) is 4.79 Å². The lowest BCUT2D eigenvalue weighted by Crippen LogP contribution is -2.40. The molecule has 2 aromatic rings. The molecule has 1 atom stereocenters. The number of nitrogens with zero attached hydrogens (tertiary/aromatic N) is 2. The van der Waals surface area contributed by atoms with Crippen molar-refractivity contribution in [2.24, 2.45) is 0 Å². The van der Waals surface area contributed by atoms with Gasteiger partial charge in [-0.2, -0.15) is 0 Å². The molecule has 2 aliphatic heterocycles. The Labute approximate surface area is 173 Å². The number of ether oxygens (including phenoxy) is 2. The summed E-state index contributed by atoms with van der Waals surface area (Å²) in [5.41, 5.74) is 1.87. The molecular formula is C21H23N3O6. The van der Waals surface area contributed by atoms with Gasteiger partial charge in [0.15, 0.2) is 11.5 Å². The van der Waals surface area contributed by atoms with Crippen molar-refractivity contribution in [1.29, 1.82) is 0 Å². The van der Waals surface area contributed by atoms with Gasteiger partial charge in [0.1, 0.15) is 11.8 Å². The van der Waals surface area contributed by atoms with E-state index in [0.717, 1.165) is 16.0 Å². The molecule has 30 heavy (non-hydrogen) atoms. The summed E-state index contributed by atoms with van der Waals surface area (Å²) in [6.45, 7) is 0.616. The number of imide groups is 1. The smallest absolute Gasteiger partial charge is 0.327 e. The first kappa shape index (κ1) is 19.8. The first-order valence-electron chi connectivity index (χ1n) is 9.66. The highest BCUT2D eigenvalue weighted by atomic mass is 16.5. The van der Waals surface area contributed by atoms with E-state index in [2.05, 4.69) is 5.32 Å².